The van der Waals surface area contributed by atoms with E-state index in [0.29, 0.717) is 12.5 Å². The quantitative estimate of drug-likeness (QED) is 0.583. The SMILES string of the molecule is OCCNc1ncc(-c2nc3ccncc3n2-c2ccccc2)cn1. The van der Waals surface area contributed by atoms with Crippen LogP contribution in [-0.4, -0.2) is 42.8 Å². The number of imidazole rings is 1. The number of nitrogens with one attached hydrogen (secondary N) is 1. The van der Waals surface area contributed by atoms with E-state index in [0.717, 1.165) is 28.1 Å². The highest BCUT2D eigenvalue weighted by molar-refractivity contribution is 5.82. The molecule has 0 aliphatic heterocycles. The normalized spacial score (nSPS) is 10.9. The summed E-state index contributed by atoms with van der Waals surface area (Å²) in [4.78, 5) is 17.6. The standard InChI is InChI=1S/C18H16N6O/c25-9-8-20-18-21-10-13(11-22-18)17-23-15-6-7-19-12-16(15)24(17)14-4-2-1-3-5-14/h1-7,10-12,25H,8-9H2,(H,20,21,22). The molecule has 25 heavy (non-hydrogen) atoms. The summed E-state index contributed by atoms with van der Waals surface area (Å²) in [5.41, 5.74) is 3.58. The van der Waals surface area contributed by atoms with E-state index in [2.05, 4.69) is 20.3 Å². The predicted molar refractivity (Wildman–Crippen MR) is 95.5 cm³/mol. The molecule has 0 unspecified atom stereocenters. The van der Waals surface area contributed by atoms with Crippen molar-refractivity contribution < 1.29 is 5.11 Å². The van der Waals surface area contributed by atoms with Crippen LogP contribution >= 0.6 is 0 Å². The smallest absolute Gasteiger partial charge is 0.222 e. The van der Waals surface area contributed by atoms with Crippen molar-refractivity contribution in [3.63, 3.8) is 0 Å². The van der Waals surface area contributed by atoms with Gasteiger partial charge in [-0.15, -0.1) is 0 Å². The Morgan fingerprint density at radius 3 is 2.56 bits per heavy atom. The largest absolute Gasteiger partial charge is 0.395 e. The molecule has 124 valence electrons. The van der Waals surface area contributed by atoms with Gasteiger partial charge < -0.3 is 10.4 Å². The molecule has 0 aliphatic rings. The fraction of sp³-hybridized carbons (Fsp3) is 0.111. The van der Waals surface area contributed by atoms with Gasteiger partial charge in [-0.2, -0.15) is 0 Å². The second-order valence-corrected chi connectivity index (χ2v) is 5.42. The first-order chi connectivity index (χ1) is 12.4. The molecule has 0 bridgehead atoms. The van der Waals surface area contributed by atoms with Crippen LogP contribution in [0.25, 0.3) is 28.1 Å². The van der Waals surface area contributed by atoms with Crippen molar-refractivity contribution in [2.45, 2.75) is 0 Å². The van der Waals surface area contributed by atoms with Gasteiger partial charge in [-0.05, 0) is 18.2 Å². The number of benzene rings is 1. The molecule has 7 nitrogen and oxygen atoms in total. The van der Waals surface area contributed by atoms with E-state index < -0.39 is 0 Å². The molecule has 0 amide bonds. The Balaban J connectivity index is 1.84. The van der Waals surface area contributed by atoms with Gasteiger partial charge in [-0.1, -0.05) is 18.2 Å². The Labute approximate surface area is 144 Å². The molecule has 3 heterocycles. The zero-order chi connectivity index (χ0) is 17.1. The Bertz CT molecular complexity index is 982. The highest BCUT2D eigenvalue weighted by Crippen LogP contribution is 2.27. The molecule has 0 fully saturated rings. The minimum absolute atomic E-state index is 0.0297. The van der Waals surface area contributed by atoms with Gasteiger partial charge in [0.05, 0.1) is 29.4 Å². The maximum Gasteiger partial charge on any atom is 0.222 e. The monoisotopic (exact) mass is 332 g/mol. The minimum Gasteiger partial charge on any atom is -0.395 e. The Kier molecular flexibility index (Phi) is 4.05. The fourth-order valence-corrected chi connectivity index (χ4v) is 2.66. The van der Waals surface area contributed by atoms with Crippen LogP contribution in [0.1, 0.15) is 0 Å². The highest BCUT2D eigenvalue weighted by atomic mass is 16.3. The number of aliphatic hydroxyl groups is 1. The van der Waals surface area contributed by atoms with Crippen LogP contribution in [0.4, 0.5) is 5.95 Å². The molecule has 4 rings (SSSR count). The molecule has 1 aromatic carbocycles. The number of pyridine rings is 1. The second kappa shape index (κ2) is 6.66. The van der Waals surface area contributed by atoms with Crippen LogP contribution in [0.5, 0.6) is 0 Å². The molecular formula is C18H16N6O. The number of rotatable bonds is 5. The first-order valence-electron chi connectivity index (χ1n) is 7.92. The number of nitrogens with zero attached hydrogens (tertiary/aromatic N) is 5. The third-order valence-corrected chi connectivity index (χ3v) is 3.78. The number of para-hydroxylation sites is 1. The summed E-state index contributed by atoms with van der Waals surface area (Å²) in [5.74, 6) is 1.23. The molecule has 0 spiro atoms. The molecule has 0 saturated heterocycles. The highest BCUT2D eigenvalue weighted by Gasteiger charge is 2.15. The van der Waals surface area contributed by atoms with Crippen molar-refractivity contribution >= 4 is 17.0 Å². The van der Waals surface area contributed by atoms with Gasteiger partial charge in [0, 0.05) is 30.8 Å². The lowest BCUT2D eigenvalue weighted by molar-refractivity contribution is 0.311. The Morgan fingerprint density at radius 2 is 1.80 bits per heavy atom. The van der Waals surface area contributed by atoms with E-state index in [1.165, 1.54) is 0 Å². The third-order valence-electron chi connectivity index (χ3n) is 3.78. The first kappa shape index (κ1) is 15.2. The molecule has 3 aromatic heterocycles. The van der Waals surface area contributed by atoms with Crippen LogP contribution in [0.3, 0.4) is 0 Å². The zero-order valence-electron chi connectivity index (χ0n) is 13.4. The van der Waals surface area contributed by atoms with Gasteiger partial charge in [0.25, 0.3) is 0 Å². The lowest BCUT2D eigenvalue weighted by atomic mass is 10.2. The second-order valence-electron chi connectivity index (χ2n) is 5.42. The average Bonchev–Trinajstić information content (AvgIpc) is 3.07. The zero-order valence-corrected chi connectivity index (χ0v) is 13.4. The van der Waals surface area contributed by atoms with Crippen LogP contribution in [0, 0.1) is 0 Å². The topological polar surface area (TPSA) is 88.8 Å². The average molecular weight is 332 g/mol. The lowest BCUT2D eigenvalue weighted by Crippen LogP contribution is -2.08. The van der Waals surface area contributed by atoms with E-state index >= 15 is 0 Å². The van der Waals surface area contributed by atoms with E-state index in [4.69, 9.17) is 10.1 Å². The van der Waals surface area contributed by atoms with Gasteiger partial charge in [0.1, 0.15) is 5.82 Å². The molecule has 4 aromatic rings. The maximum atomic E-state index is 8.87. The number of fused-ring (bicyclic) bond motifs is 1. The van der Waals surface area contributed by atoms with Crippen molar-refractivity contribution in [2.75, 3.05) is 18.5 Å². The summed E-state index contributed by atoms with van der Waals surface area (Å²) in [5, 5.41) is 11.8. The number of aromatic nitrogens is 5. The van der Waals surface area contributed by atoms with Gasteiger partial charge in [0.2, 0.25) is 5.95 Å². The Hall–Kier alpha value is -3.32. The molecule has 0 atom stereocenters. The summed E-state index contributed by atoms with van der Waals surface area (Å²) in [6, 6.07) is 11.9. The number of hydrogen-bond acceptors (Lipinski definition) is 6. The molecular weight excluding hydrogens is 316 g/mol. The molecule has 0 aliphatic carbocycles. The van der Waals surface area contributed by atoms with Crippen molar-refractivity contribution in [3.8, 4) is 17.1 Å². The fourth-order valence-electron chi connectivity index (χ4n) is 2.66. The summed E-state index contributed by atoms with van der Waals surface area (Å²) in [7, 11) is 0. The van der Waals surface area contributed by atoms with E-state index in [1.807, 2.05) is 41.0 Å². The predicted octanol–water partition coefficient (Wildman–Crippen LogP) is 2.28. The number of hydrogen-bond donors (Lipinski definition) is 2. The molecule has 7 heteroatoms. The van der Waals surface area contributed by atoms with Crippen LogP contribution in [-0.2, 0) is 0 Å². The van der Waals surface area contributed by atoms with Crippen molar-refractivity contribution in [1.82, 2.24) is 24.5 Å². The van der Waals surface area contributed by atoms with Gasteiger partial charge in [-0.25, -0.2) is 15.0 Å². The van der Waals surface area contributed by atoms with Crippen LogP contribution < -0.4 is 5.32 Å². The minimum atomic E-state index is 0.0297. The Morgan fingerprint density at radius 1 is 1.00 bits per heavy atom. The van der Waals surface area contributed by atoms with Crippen molar-refractivity contribution in [3.05, 3.63) is 61.2 Å². The summed E-state index contributed by atoms with van der Waals surface area (Å²) in [6.07, 6.45) is 6.98. The van der Waals surface area contributed by atoms with Crippen molar-refractivity contribution in [1.29, 1.82) is 0 Å². The summed E-state index contributed by atoms with van der Waals surface area (Å²) < 4.78 is 2.04. The first-order valence-corrected chi connectivity index (χ1v) is 7.92. The van der Waals surface area contributed by atoms with E-state index in [1.54, 1.807) is 24.8 Å². The molecule has 0 radical (unpaired) electrons. The van der Waals surface area contributed by atoms with Crippen molar-refractivity contribution in [2.24, 2.45) is 0 Å². The van der Waals surface area contributed by atoms with E-state index in [-0.39, 0.29) is 6.61 Å². The van der Waals surface area contributed by atoms with Gasteiger partial charge in [0.15, 0.2) is 0 Å². The van der Waals surface area contributed by atoms with E-state index in [9.17, 15) is 0 Å². The molecule has 0 saturated carbocycles. The number of anilines is 1. The van der Waals surface area contributed by atoms with Crippen LogP contribution in [0.2, 0.25) is 0 Å². The van der Waals surface area contributed by atoms with Crippen LogP contribution in [0.15, 0.2) is 61.2 Å². The lowest BCUT2D eigenvalue weighted by Gasteiger charge is -2.09. The molecule has 2 N–H and O–H groups in total. The number of aliphatic hydroxyl groups excluding tert-OH is 1. The van der Waals surface area contributed by atoms with Gasteiger partial charge >= 0.3 is 0 Å². The maximum absolute atomic E-state index is 8.87. The third kappa shape index (κ3) is 2.92. The van der Waals surface area contributed by atoms with Gasteiger partial charge in [-0.3, -0.25) is 9.55 Å². The summed E-state index contributed by atoms with van der Waals surface area (Å²) in [6.45, 7) is 0.440. The summed E-state index contributed by atoms with van der Waals surface area (Å²) >= 11 is 0.